The predicted molar refractivity (Wildman–Crippen MR) is 66.5 cm³/mol. The largest absolute Gasteiger partial charge is 0.380 e. The number of ether oxygens (including phenoxy) is 1. The van der Waals surface area contributed by atoms with E-state index in [-0.39, 0.29) is 0 Å². The van der Waals surface area contributed by atoms with Crippen LogP contribution in [0.5, 0.6) is 0 Å². The van der Waals surface area contributed by atoms with Crippen LogP contribution in [0.4, 0.5) is 5.82 Å². The number of hydrogen-bond acceptors (Lipinski definition) is 5. The highest BCUT2D eigenvalue weighted by atomic mass is 35.5. The number of halogens is 1. The fraction of sp³-hybridized carbons (Fsp3) is 0.600. The zero-order chi connectivity index (χ0) is 11.5. The van der Waals surface area contributed by atoms with Crippen molar-refractivity contribution in [3.05, 3.63) is 11.2 Å². The van der Waals surface area contributed by atoms with Crippen molar-refractivity contribution in [3.8, 4) is 0 Å². The molecule has 0 spiro atoms. The number of methoxy groups -OCH3 is 1. The van der Waals surface area contributed by atoms with Gasteiger partial charge in [-0.25, -0.2) is 9.97 Å². The highest BCUT2D eigenvalue weighted by molar-refractivity contribution is 7.98. The lowest BCUT2D eigenvalue weighted by Crippen LogP contribution is -2.23. The van der Waals surface area contributed by atoms with E-state index in [0.29, 0.717) is 16.4 Å². The Hall–Kier alpha value is -0.520. The molecule has 1 aliphatic heterocycles. The van der Waals surface area contributed by atoms with Crippen molar-refractivity contribution in [1.29, 1.82) is 0 Å². The third kappa shape index (κ3) is 2.59. The summed E-state index contributed by atoms with van der Waals surface area (Å²) in [5.41, 5.74) is 0. The summed E-state index contributed by atoms with van der Waals surface area (Å²) in [6.45, 7) is 1.83. The van der Waals surface area contributed by atoms with E-state index in [1.54, 1.807) is 13.2 Å². The van der Waals surface area contributed by atoms with Gasteiger partial charge < -0.3 is 9.64 Å². The molecule has 1 fully saturated rings. The minimum Gasteiger partial charge on any atom is -0.380 e. The van der Waals surface area contributed by atoms with Gasteiger partial charge in [0, 0.05) is 26.3 Å². The van der Waals surface area contributed by atoms with E-state index in [1.807, 2.05) is 6.26 Å². The van der Waals surface area contributed by atoms with Crippen molar-refractivity contribution in [2.24, 2.45) is 0 Å². The highest BCUT2D eigenvalue weighted by Crippen LogP contribution is 2.24. The van der Waals surface area contributed by atoms with E-state index < -0.39 is 0 Å². The fourth-order valence-corrected chi connectivity index (χ4v) is 2.37. The van der Waals surface area contributed by atoms with Gasteiger partial charge in [0.05, 0.1) is 6.10 Å². The second kappa shape index (κ2) is 5.21. The van der Waals surface area contributed by atoms with Crippen LogP contribution in [0.2, 0.25) is 5.15 Å². The molecule has 1 atom stereocenters. The Kier molecular flexibility index (Phi) is 3.89. The SMILES string of the molecule is COC1CCN(c2cc(Cl)nc(SC)n2)C1. The Labute approximate surface area is 104 Å². The zero-order valence-electron chi connectivity index (χ0n) is 9.31. The van der Waals surface area contributed by atoms with Crippen LogP contribution >= 0.6 is 23.4 Å². The molecule has 1 aromatic rings. The average molecular weight is 260 g/mol. The van der Waals surface area contributed by atoms with Crippen LogP contribution in [0, 0.1) is 0 Å². The predicted octanol–water partition coefficient (Wildman–Crippen LogP) is 2.08. The van der Waals surface area contributed by atoms with Crippen molar-refractivity contribution >= 4 is 29.2 Å². The van der Waals surface area contributed by atoms with Crippen molar-refractivity contribution in [2.45, 2.75) is 17.7 Å². The Morgan fingerprint density at radius 1 is 1.56 bits per heavy atom. The van der Waals surface area contributed by atoms with Crippen molar-refractivity contribution in [1.82, 2.24) is 9.97 Å². The van der Waals surface area contributed by atoms with Crippen LogP contribution in [0.3, 0.4) is 0 Å². The molecule has 1 saturated heterocycles. The molecule has 0 saturated carbocycles. The maximum Gasteiger partial charge on any atom is 0.190 e. The van der Waals surface area contributed by atoms with Gasteiger partial charge in [-0.1, -0.05) is 23.4 Å². The van der Waals surface area contributed by atoms with Crippen molar-refractivity contribution in [2.75, 3.05) is 31.4 Å². The lowest BCUT2D eigenvalue weighted by Gasteiger charge is -2.17. The molecular weight excluding hydrogens is 246 g/mol. The summed E-state index contributed by atoms with van der Waals surface area (Å²) in [5.74, 6) is 0.893. The Morgan fingerprint density at radius 2 is 2.38 bits per heavy atom. The molecular formula is C10H14ClN3OS. The summed E-state index contributed by atoms with van der Waals surface area (Å²) in [6, 6.07) is 1.80. The number of nitrogens with zero attached hydrogens (tertiary/aromatic N) is 3. The molecule has 6 heteroatoms. The van der Waals surface area contributed by atoms with E-state index in [9.17, 15) is 0 Å². The van der Waals surface area contributed by atoms with Crippen LogP contribution in [0.1, 0.15) is 6.42 Å². The number of aromatic nitrogens is 2. The van der Waals surface area contributed by atoms with E-state index in [1.165, 1.54) is 11.8 Å². The molecule has 0 radical (unpaired) electrons. The van der Waals surface area contributed by atoms with E-state index in [4.69, 9.17) is 16.3 Å². The highest BCUT2D eigenvalue weighted by Gasteiger charge is 2.23. The van der Waals surface area contributed by atoms with Crippen LogP contribution in [-0.2, 0) is 4.74 Å². The Morgan fingerprint density at radius 3 is 3.00 bits per heavy atom. The summed E-state index contributed by atoms with van der Waals surface area (Å²) >= 11 is 7.45. The molecule has 1 aliphatic rings. The molecule has 0 aromatic carbocycles. The van der Waals surface area contributed by atoms with Gasteiger partial charge in [-0.2, -0.15) is 0 Å². The second-order valence-electron chi connectivity index (χ2n) is 3.63. The lowest BCUT2D eigenvalue weighted by atomic mass is 10.3. The number of hydrogen-bond donors (Lipinski definition) is 0. The second-order valence-corrected chi connectivity index (χ2v) is 4.79. The molecule has 88 valence electrons. The van der Waals surface area contributed by atoms with Crippen LogP contribution in [-0.4, -0.2) is 42.5 Å². The first-order valence-electron chi connectivity index (χ1n) is 5.09. The van der Waals surface area contributed by atoms with Crippen LogP contribution in [0.15, 0.2) is 11.2 Å². The molecule has 16 heavy (non-hydrogen) atoms. The third-order valence-corrected chi connectivity index (χ3v) is 3.39. The first kappa shape index (κ1) is 12.0. The molecule has 2 heterocycles. The molecule has 0 amide bonds. The van der Waals surface area contributed by atoms with Gasteiger partial charge in [-0.3, -0.25) is 0 Å². The Bertz CT molecular complexity index is 377. The standard InChI is InChI=1S/C10H14ClN3OS/c1-15-7-3-4-14(6-7)9-5-8(11)12-10(13-9)16-2/h5,7H,3-4,6H2,1-2H3. The zero-order valence-corrected chi connectivity index (χ0v) is 10.9. The summed E-state index contributed by atoms with van der Waals surface area (Å²) in [4.78, 5) is 10.7. The fourth-order valence-electron chi connectivity index (χ4n) is 1.77. The molecule has 2 rings (SSSR count). The van der Waals surface area contributed by atoms with E-state index in [0.717, 1.165) is 25.3 Å². The quantitative estimate of drug-likeness (QED) is 0.472. The topological polar surface area (TPSA) is 38.2 Å². The van der Waals surface area contributed by atoms with Gasteiger partial charge in [0.15, 0.2) is 5.16 Å². The van der Waals surface area contributed by atoms with Crippen molar-refractivity contribution in [3.63, 3.8) is 0 Å². The van der Waals surface area contributed by atoms with Gasteiger partial charge in [0.2, 0.25) is 0 Å². The minimum absolute atomic E-state index is 0.298. The maximum absolute atomic E-state index is 5.96. The summed E-state index contributed by atoms with van der Waals surface area (Å²) in [6.07, 6.45) is 3.27. The number of anilines is 1. The van der Waals surface area contributed by atoms with Gasteiger partial charge in [0.1, 0.15) is 11.0 Å². The van der Waals surface area contributed by atoms with Gasteiger partial charge in [0.25, 0.3) is 0 Å². The minimum atomic E-state index is 0.298. The third-order valence-electron chi connectivity index (χ3n) is 2.65. The van der Waals surface area contributed by atoms with Gasteiger partial charge in [-0.05, 0) is 12.7 Å². The summed E-state index contributed by atoms with van der Waals surface area (Å²) in [7, 11) is 1.74. The lowest BCUT2D eigenvalue weighted by molar-refractivity contribution is 0.121. The van der Waals surface area contributed by atoms with Crippen molar-refractivity contribution < 1.29 is 4.74 Å². The van der Waals surface area contributed by atoms with Crippen LogP contribution < -0.4 is 4.90 Å². The van der Waals surface area contributed by atoms with Gasteiger partial charge >= 0.3 is 0 Å². The average Bonchev–Trinajstić information content (AvgIpc) is 2.76. The summed E-state index contributed by atoms with van der Waals surface area (Å²) in [5, 5.41) is 1.21. The van der Waals surface area contributed by atoms with E-state index in [2.05, 4.69) is 14.9 Å². The normalized spacial score (nSPS) is 20.4. The molecule has 0 bridgehead atoms. The van der Waals surface area contributed by atoms with Crippen LogP contribution in [0.25, 0.3) is 0 Å². The monoisotopic (exact) mass is 259 g/mol. The Balaban J connectivity index is 2.17. The van der Waals surface area contributed by atoms with Gasteiger partial charge in [-0.15, -0.1) is 0 Å². The number of thioether (sulfide) groups is 1. The molecule has 1 unspecified atom stereocenters. The molecule has 4 nitrogen and oxygen atoms in total. The van der Waals surface area contributed by atoms with E-state index >= 15 is 0 Å². The summed E-state index contributed by atoms with van der Waals surface area (Å²) < 4.78 is 5.33. The first-order chi connectivity index (χ1) is 7.72. The molecule has 1 aromatic heterocycles. The molecule has 0 N–H and O–H groups in total. The maximum atomic E-state index is 5.96. The smallest absolute Gasteiger partial charge is 0.190 e. The first-order valence-corrected chi connectivity index (χ1v) is 6.69. The molecule has 0 aliphatic carbocycles. The number of rotatable bonds is 3.